The smallest absolute Gasteiger partial charge is 0.311 e. The summed E-state index contributed by atoms with van der Waals surface area (Å²) in [5.41, 5.74) is 4.30. The number of nitro benzene ring substituents is 1. The van der Waals surface area contributed by atoms with Crippen molar-refractivity contribution in [3.63, 3.8) is 0 Å². The van der Waals surface area contributed by atoms with Gasteiger partial charge in [0.25, 0.3) is 0 Å². The highest BCUT2D eigenvalue weighted by Crippen LogP contribution is 2.58. The molecule has 0 spiro atoms. The number of phenols is 1. The van der Waals surface area contributed by atoms with E-state index in [0.717, 1.165) is 11.1 Å². The van der Waals surface area contributed by atoms with E-state index in [2.05, 4.69) is 10.5 Å². The molecule has 0 bridgehead atoms. The van der Waals surface area contributed by atoms with Gasteiger partial charge in [-0.2, -0.15) is 5.10 Å². The molecule has 0 saturated heterocycles. The van der Waals surface area contributed by atoms with Crippen molar-refractivity contribution in [3.05, 3.63) is 106 Å². The first kappa shape index (κ1) is 19.3. The van der Waals surface area contributed by atoms with Crippen LogP contribution in [0, 0.1) is 16.0 Å². The second-order valence-electron chi connectivity index (χ2n) is 7.20. The molecule has 0 radical (unpaired) electrons. The van der Waals surface area contributed by atoms with Gasteiger partial charge in [-0.3, -0.25) is 14.9 Å². The van der Waals surface area contributed by atoms with E-state index in [9.17, 15) is 20.0 Å². The molecule has 1 aliphatic rings. The lowest BCUT2D eigenvalue weighted by Gasteiger charge is -2.18. The van der Waals surface area contributed by atoms with Crippen molar-refractivity contribution < 1.29 is 14.8 Å². The first-order chi connectivity index (χ1) is 14.5. The number of benzene rings is 3. The fourth-order valence-corrected chi connectivity index (χ4v) is 3.87. The van der Waals surface area contributed by atoms with Crippen LogP contribution in [0.5, 0.6) is 5.75 Å². The van der Waals surface area contributed by atoms with Crippen LogP contribution in [0.4, 0.5) is 5.69 Å². The van der Waals surface area contributed by atoms with Gasteiger partial charge in [-0.25, -0.2) is 5.43 Å². The molecule has 150 valence electrons. The predicted molar refractivity (Wildman–Crippen MR) is 112 cm³/mol. The lowest BCUT2D eigenvalue weighted by Crippen LogP contribution is -2.25. The zero-order valence-electron chi connectivity index (χ0n) is 15.9. The maximum atomic E-state index is 12.8. The second-order valence-corrected chi connectivity index (χ2v) is 7.20. The van der Waals surface area contributed by atoms with Gasteiger partial charge in [0, 0.05) is 17.0 Å². The van der Waals surface area contributed by atoms with Gasteiger partial charge in [-0.1, -0.05) is 60.7 Å². The summed E-state index contributed by atoms with van der Waals surface area (Å²) in [7, 11) is 0. The fraction of sp³-hybridized carbons (Fsp3) is 0.130. The zero-order valence-corrected chi connectivity index (χ0v) is 15.9. The van der Waals surface area contributed by atoms with E-state index >= 15 is 0 Å². The van der Waals surface area contributed by atoms with Gasteiger partial charge in [0.05, 0.1) is 17.1 Å². The van der Waals surface area contributed by atoms with E-state index in [4.69, 9.17) is 0 Å². The van der Waals surface area contributed by atoms with Crippen LogP contribution in [0.3, 0.4) is 0 Å². The predicted octanol–water partition coefficient (Wildman–Crippen LogP) is 3.76. The molecule has 1 saturated carbocycles. The monoisotopic (exact) mass is 401 g/mol. The number of amides is 1. The largest absolute Gasteiger partial charge is 0.502 e. The summed E-state index contributed by atoms with van der Waals surface area (Å²) >= 11 is 0. The number of phenolic OH excluding ortho intramolecular Hbond substituents is 1. The highest BCUT2D eigenvalue weighted by molar-refractivity contribution is 5.88. The number of hydrogen-bond donors (Lipinski definition) is 2. The Kier molecular flexibility index (Phi) is 5.02. The highest BCUT2D eigenvalue weighted by atomic mass is 16.6. The van der Waals surface area contributed by atoms with Gasteiger partial charge < -0.3 is 5.11 Å². The van der Waals surface area contributed by atoms with E-state index < -0.39 is 16.4 Å². The molecule has 4 rings (SSSR count). The average Bonchev–Trinajstić information content (AvgIpc) is 3.53. The van der Waals surface area contributed by atoms with Gasteiger partial charge in [0.15, 0.2) is 5.75 Å². The summed E-state index contributed by atoms with van der Waals surface area (Å²) in [6, 6.07) is 23.7. The Balaban J connectivity index is 1.52. The maximum absolute atomic E-state index is 12.8. The van der Waals surface area contributed by atoms with Crippen molar-refractivity contribution in [2.24, 2.45) is 11.0 Å². The van der Waals surface area contributed by atoms with Gasteiger partial charge in [0.1, 0.15) is 0 Å². The third kappa shape index (κ3) is 3.53. The molecule has 0 aromatic heterocycles. The summed E-state index contributed by atoms with van der Waals surface area (Å²) in [6.45, 7) is 0. The Morgan fingerprint density at radius 1 is 1.07 bits per heavy atom. The number of nitrogens with one attached hydrogen (secondary N) is 1. The van der Waals surface area contributed by atoms with Crippen LogP contribution in [0.25, 0.3) is 0 Å². The van der Waals surface area contributed by atoms with E-state index in [1.165, 1.54) is 24.4 Å². The van der Waals surface area contributed by atoms with Crippen LogP contribution >= 0.6 is 0 Å². The summed E-state index contributed by atoms with van der Waals surface area (Å²) in [4.78, 5) is 23.1. The molecule has 7 heteroatoms. The Labute approximate surface area is 172 Å². The molecular formula is C23H19N3O4. The minimum absolute atomic E-state index is 0.216. The minimum atomic E-state index is -0.677. The van der Waals surface area contributed by atoms with Crippen LogP contribution in [0.2, 0.25) is 0 Å². The number of aromatic hydroxyl groups is 1. The third-order valence-corrected chi connectivity index (χ3v) is 5.44. The van der Waals surface area contributed by atoms with Gasteiger partial charge in [-0.05, 0) is 29.7 Å². The molecule has 30 heavy (non-hydrogen) atoms. The third-order valence-electron chi connectivity index (χ3n) is 5.44. The van der Waals surface area contributed by atoms with Gasteiger partial charge in [-0.15, -0.1) is 0 Å². The van der Waals surface area contributed by atoms with Crippen molar-refractivity contribution in [2.75, 3.05) is 0 Å². The Bertz CT molecular complexity index is 1070. The molecule has 1 aliphatic carbocycles. The van der Waals surface area contributed by atoms with Gasteiger partial charge >= 0.3 is 5.69 Å². The quantitative estimate of drug-likeness (QED) is 0.373. The summed E-state index contributed by atoms with van der Waals surface area (Å²) in [5.74, 6) is -0.907. The van der Waals surface area contributed by atoms with Crippen molar-refractivity contribution in [3.8, 4) is 5.75 Å². The second kappa shape index (κ2) is 7.79. The molecule has 1 fully saturated rings. The maximum Gasteiger partial charge on any atom is 0.311 e. The Morgan fingerprint density at radius 2 is 1.67 bits per heavy atom. The standard InChI is InChI=1S/C23H19N3O4/c27-21-12-11-16(13-20(21)26(29)30)15-24-25-22(28)19-14-23(19,17-7-3-1-4-8-17)18-9-5-2-6-10-18/h1-13,15,19,27H,14H2,(H,25,28)/b24-15-/t19-/m0/s1. The molecule has 2 N–H and O–H groups in total. The van der Waals surface area contributed by atoms with Gasteiger partial charge in [0.2, 0.25) is 5.91 Å². The molecule has 3 aromatic carbocycles. The van der Waals surface area contributed by atoms with E-state index in [0.29, 0.717) is 12.0 Å². The number of hydrogen-bond acceptors (Lipinski definition) is 5. The summed E-state index contributed by atoms with van der Waals surface area (Å²) in [5, 5.41) is 24.4. The lowest BCUT2D eigenvalue weighted by molar-refractivity contribution is -0.385. The van der Waals surface area contributed by atoms with Crippen molar-refractivity contribution >= 4 is 17.8 Å². The first-order valence-electron chi connectivity index (χ1n) is 9.44. The zero-order chi connectivity index (χ0) is 21.1. The number of nitro groups is 1. The number of rotatable bonds is 6. The molecule has 3 aromatic rings. The van der Waals surface area contributed by atoms with Crippen molar-refractivity contribution in [1.29, 1.82) is 0 Å². The Morgan fingerprint density at radius 3 is 2.23 bits per heavy atom. The van der Waals surface area contributed by atoms with E-state index in [-0.39, 0.29) is 17.2 Å². The molecule has 1 atom stereocenters. The van der Waals surface area contributed by atoms with Crippen LogP contribution < -0.4 is 5.43 Å². The minimum Gasteiger partial charge on any atom is -0.502 e. The summed E-state index contributed by atoms with van der Waals surface area (Å²) < 4.78 is 0. The SMILES string of the molecule is O=C(N/N=C\c1ccc(O)c([N+](=O)[O-])c1)[C@@H]1CC1(c1ccccc1)c1ccccc1. The number of hydrazone groups is 1. The van der Waals surface area contributed by atoms with Crippen LogP contribution in [0.1, 0.15) is 23.1 Å². The van der Waals surface area contributed by atoms with Crippen LogP contribution in [-0.2, 0) is 10.2 Å². The van der Waals surface area contributed by atoms with Crippen LogP contribution in [-0.4, -0.2) is 22.2 Å². The number of carbonyl (C=O) groups is 1. The lowest BCUT2D eigenvalue weighted by atomic mass is 9.85. The summed E-state index contributed by atoms with van der Waals surface area (Å²) in [6.07, 6.45) is 1.99. The molecule has 1 amide bonds. The molecule has 0 unspecified atom stereocenters. The van der Waals surface area contributed by atoms with Crippen molar-refractivity contribution in [1.82, 2.24) is 5.43 Å². The molecule has 0 aliphatic heterocycles. The topological polar surface area (TPSA) is 105 Å². The average molecular weight is 401 g/mol. The highest BCUT2D eigenvalue weighted by Gasteiger charge is 2.60. The Hall–Kier alpha value is -4.00. The van der Waals surface area contributed by atoms with E-state index in [1.54, 1.807) is 0 Å². The van der Waals surface area contributed by atoms with Crippen LogP contribution in [0.15, 0.2) is 84.0 Å². The normalized spacial score (nSPS) is 16.9. The first-order valence-corrected chi connectivity index (χ1v) is 9.44. The van der Waals surface area contributed by atoms with E-state index in [1.807, 2.05) is 60.7 Å². The van der Waals surface area contributed by atoms with Crippen molar-refractivity contribution in [2.45, 2.75) is 11.8 Å². The molecule has 0 heterocycles. The number of nitrogens with zero attached hydrogens (tertiary/aromatic N) is 2. The fourth-order valence-electron chi connectivity index (χ4n) is 3.87. The molecular weight excluding hydrogens is 382 g/mol. The number of carbonyl (C=O) groups excluding carboxylic acids is 1. The molecule has 7 nitrogen and oxygen atoms in total.